The van der Waals surface area contributed by atoms with Gasteiger partial charge in [0.05, 0.1) is 0 Å². The molecule has 2 rings (SSSR count). The van der Waals surface area contributed by atoms with Crippen LogP contribution in [0.3, 0.4) is 0 Å². The van der Waals surface area contributed by atoms with Gasteiger partial charge in [-0.05, 0) is 31.0 Å². The van der Waals surface area contributed by atoms with Crippen LogP contribution in [0.5, 0.6) is 5.75 Å². The molecule has 24 heavy (non-hydrogen) atoms. The first kappa shape index (κ1) is 17.5. The average molecular weight is 327 g/mol. The van der Waals surface area contributed by atoms with E-state index in [9.17, 15) is 14.7 Å². The van der Waals surface area contributed by atoms with Gasteiger partial charge in [-0.15, -0.1) is 0 Å². The number of carbonyl (C=O) groups is 2. The molecule has 0 saturated heterocycles. The van der Waals surface area contributed by atoms with Crippen LogP contribution < -0.4 is 10.1 Å². The largest absolute Gasteiger partial charge is 0.484 e. The van der Waals surface area contributed by atoms with Gasteiger partial charge in [-0.2, -0.15) is 0 Å². The maximum Gasteiger partial charge on any atom is 0.326 e. The summed E-state index contributed by atoms with van der Waals surface area (Å²) in [6.07, 6.45) is 0.228. The molecule has 2 aromatic carbocycles. The number of aliphatic carboxylic acids is 1. The molecule has 0 saturated carbocycles. The van der Waals surface area contributed by atoms with Gasteiger partial charge in [0.1, 0.15) is 11.8 Å². The Balaban J connectivity index is 1.92. The summed E-state index contributed by atoms with van der Waals surface area (Å²) in [6.45, 7) is 3.66. The minimum Gasteiger partial charge on any atom is -0.484 e. The fourth-order valence-electron chi connectivity index (χ4n) is 2.39. The second kappa shape index (κ2) is 8.15. The van der Waals surface area contributed by atoms with Gasteiger partial charge in [0.2, 0.25) is 0 Å². The van der Waals surface area contributed by atoms with Crippen LogP contribution in [-0.2, 0) is 16.0 Å². The number of hydrogen-bond acceptors (Lipinski definition) is 3. The molecule has 2 N–H and O–H groups in total. The van der Waals surface area contributed by atoms with Gasteiger partial charge in [0, 0.05) is 6.42 Å². The first-order valence-corrected chi connectivity index (χ1v) is 7.72. The number of nitrogens with one attached hydrogen (secondary N) is 1. The van der Waals surface area contributed by atoms with Crippen molar-refractivity contribution in [2.45, 2.75) is 26.3 Å². The van der Waals surface area contributed by atoms with E-state index in [1.54, 1.807) is 6.07 Å². The highest BCUT2D eigenvalue weighted by molar-refractivity contribution is 5.84. The van der Waals surface area contributed by atoms with Crippen LogP contribution in [0.2, 0.25) is 0 Å². The minimum atomic E-state index is -1.07. The van der Waals surface area contributed by atoms with Crippen LogP contribution in [0.4, 0.5) is 0 Å². The molecule has 0 radical (unpaired) electrons. The molecule has 0 unspecified atom stereocenters. The van der Waals surface area contributed by atoms with Gasteiger partial charge in [-0.25, -0.2) is 4.79 Å². The number of aryl methyl sites for hydroxylation is 2. The lowest BCUT2D eigenvalue weighted by molar-refractivity contribution is -0.142. The van der Waals surface area contributed by atoms with Crippen molar-refractivity contribution < 1.29 is 19.4 Å². The van der Waals surface area contributed by atoms with Crippen molar-refractivity contribution in [3.63, 3.8) is 0 Å². The lowest BCUT2D eigenvalue weighted by Gasteiger charge is -2.15. The van der Waals surface area contributed by atoms with E-state index in [-0.39, 0.29) is 13.0 Å². The Kier molecular flexibility index (Phi) is 5.95. The van der Waals surface area contributed by atoms with E-state index >= 15 is 0 Å². The van der Waals surface area contributed by atoms with E-state index in [0.29, 0.717) is 5.75 Å². The van der Waals surface area contributed by atoms with Crippen molar-refractivity contribution in [2.75, 3.05) is 6.61 Å². The zero-order valence-electron chi connectivity index (χ0n) is 13.8. The van der Waals surface area contributed by atoms with Crippen LogP contribution in [0.25, 0.3) is 0 Å². The summed E-state index contributed by atoms with van der Waals surface area (Å²) >= 11 is 0. The molecule has 2 aromatic rings. The molecule has 0 fully saturated rings. The minimum absolute atomic E-state index is 0.220. The van der Waals surface area contributed by atoms with E-state index < -0.39 is 17.9 Å². The Morgan fingerprint density at radius 2 is 1.83 bits per heavy atom. The van der Waals surface area contributed by atoms with Crippen molar-refractivity contribution in [3.05, 3.63) is 65.2 Å². The summed E-state index contributed by atoms with van der Waals surface area (Å²) in [4.78, 5) is 23.3. The number of carboxylic acid groups (broad SMARTS) is 1. The summed E-state index contributed by atoms with van der Waals surface area (Å²) in [7, 11) is 0. The third-order valence-corrected chi connectivity index (χ3v) is 3.61. The van der Waals surface area contributed by atoms with Gasteiger partial charge < -0.3 is 15.2 Å². The quantitative estimate of drug-likeness (QED) is 0.819. The number of amides is 1. The van der Waals surface area contributed by atoms with E-state index in [2.05, 4.69) is 5.32 Å². The Morgan fingerprint density at radius 1 is 1.12 bits per heavy atom. The zero-order valence-corrected chi connectivity index (χ0v) is 13.8. The molecular formula is C19H21NO4. The number of rotatable bonds is 7. The molecule has 0 heterocycles. The Morgan fingerprint density at radius 3 is 2.46 bits per heavy atom. The van der Waals surface area contributed by atoms with Crippen LogP contribution in [0.15, 0.2) is 48.5 Å². The number of benzene rings is 2. The molecule has 0 aromatic heterocycles. The molecule has 1 amide bonds. The molecule has 0 aliphatic carbocycles. The van der Waals surface area contributed by atoms with E-state index in [4.69, 9.17) is 4.74 Å². The summed E-state index contributed by atoms with van der Waals surface area (Å²) in [5, 5.41) is 11.8. The fraction of sp³-hybridized carbons (Fsp3) is 0.263. The highest BCUT2D eigenvalue weighted by Gasteiger charge is 2.20. The second-order valence-corrected chi connectivity index (χ2v) is 5.71. The van der Waals surface area contributed by atoms with E-state index in [1.165, 1.54) is 0 Å². The molecule has 126 valence electrons. The van der Waals surface area contributed by atoms with Crippen molar-refractivity contribution in [1.29, 1.82) is 0 Å². The van der Waals surface area contributed by atoms with Gasteiger partial charge >= 0.3 is 5.97 Å². The number of carbonyl (C=O) groups excluding carboxylic acids is 1. The van der Waals surface area contributed by atoms with E-state index in [0.717, 1.165) is 16.7 Å². The molecule has 5 nitrogen and oxygen atoms in total. The van der Waals surface area contributed by atoms with Crippen LogP contribution >= 0.6 is 0 Å². The van der Waals surface area contributed by atoms with Crippen molar-refractivity contribution in [1.82, 2.24) is 5.32 Å². The van der Waals surface area contributed by atoms with Gasteiger partial charge in [-0.3, -0.25) is 4.79 Å². The predicted molar refractivity (Wildman–Crippen MR) is 91.1 cm³/mol. The van der Waals surface area contributed by atoms with Crippen molar-refractivity contribution >= 4 is 11.9 Å². The summed E-state index contributed by atoms with van der Waals surface area (Å²) in [5.41, 5.74) is 2.89. The number of hydrogen-bond donors (Lipinski definition) is 2. The third-order valence-electron chi connectivity index (χ3n) is 3.61. The predicted octanol–water partition coefficient (Wildman–Crippen LogP) is 2.49. The SMILES string of the molecule is Cc1ccc(OCC(=O)N[C@@H](Cc2ccccc2)C(=O)O)c(C)c1. The number of carboxylic acids is 1. The highest BCUT2D eigenvalue weighted by atomic mass is 16.5. The maximum atomic E-state index is 12.0. The zero-order chi connectivity index (χ0) is 17.5. The fourth-order valence-corrected chi connectivity index (χ4v) is 2.39. The normalized spacial score (nSPS) is 11.6. The average Bonchev–Trinajstić information content (AvgIpc) is 2.54. The Hall–Kier alpha value is -2.82. The maximum absolute atomic E-state index is 12.0. The third kappa shape index (κ3) is 5.12. The Labute approximate surface area is 141 Å². The molecule has 0 bridgehead atoms. The van der Waals surface area contributed by atoms with Gasteiger partial charge in [0.25, 0.3) is 5.91 Å². The van der Waals surface area contributed by atoms with Crippen LogP contribution in [-0.4, -0.2) is 29.6 Å². The smallest absolute Gasteiger partial charge is 0.326 e. The lowest BCUT2D eigenvalue weighted by atomic mass is 10.1. The van der Waals surface area contributed by atoms with Crippen LogP contribution in [0.1, 0.15) is 16.7 Å². The molecule has 0 aliphatic rings. The van der Waals surface area contributed by atoms with Crippen molar-refractivity contribution in [3.8, 4) is 5.75 Å². The molecular weight excluding hydrogens is 306 g/mol. The lowest BCUT2D eigenvalue weighted by Crippen LogP contribution is -2.44. The van der Waals surface area contributed by atoms with Crippen molar-refractivity contribution in [2.24, 2.45) is 0 Å². The molecule has 5 heteroatoms. The highest BCUT2D eigenvalue weighted by Crippen LogP contribution is 2.18. The first-order valence-electron chi connectivity index (χ1n) is 7.72. The van der Waals surface area contributed by atoms with Crippen LogP contribution in [0, 0.1) is 13.8 Å². The molecule has 1 atom stereocenters. The second-order valence-electron chi connectivity index (χ2n) is 5.71. The topological polar surface area (TPSA) is 75.6 Å². The monoisotopic (exact) mass is 327 g/mol. The molecule has 0 aliphatic heterocycles. The van der Waals surface area contributed by atoms with E-state index in [1.807, 2.05) is 56.3 Å². The number of ether oxygens (including phenoxy) is 1. The summed E-state index contributed by atoms with van der Waals surface area (Å²) in [5.74, 6) is -0.914. The summed E-state index contributed by atoms with van der Waals surface area (Å²) < 4.78 is 5.48. The first-order chi connectivity index (χ1) is 11.5. The Bertz CT molecular complexity index is 713. The summed E-state index contributed by atoms with van der Waals surface area (Å²) in [6, 6.07) is 13.9. The van der Waals surface area contributed by atoms with Gasteiger partial charge in [-0.1, -0.05) is 48.0 Å². The molecule has 0 spiro atoms. The van der Waals surface area contributed by atoms with Gasteiger partial charge in [0.15, 0.2) is 6.61 Å². The standard InChI is InChI=1S/C19H21NO4/c1-13-8-9-17(14(2)10-13)24-12-18(21)20-16(19(22)23)11-15-6-4-3-5-7-15/h3-10,16H,11-12H2,1-2H3,(H,20,21)(H,22,23)/t16-/m0/s1.